The van der Waals surface area contributed by atoms with Gasteiger partial charge in [0.25, 0.3) is 0 Å². The summed E-state index contributed by atoms with van der Waals surface area (Å²) in [5.41, 5.74) is 4.28. The van der Waals surface area contributed by atoms with E-state index in [-0.39, 0.29) is 18.2 Å². The SMILES string of the molecule is O=C(O)CC(NC(=O)OCC1c2ccccc2-c2ccccc21)C(=O)Nc1cc(F)ccc1Br. The Kier molecular flexibility index (Phi) is 6.93. The number of nitrogens with one attached hydrogen (secondary N) is 2. The molecule has 1 atom stereocenters. The van der Waals surface area contributed by atoms with Crippen LogP contribution in [-0.2, 0) is 14.3 Å². The minimum atomic E-state index is -1.43. The third kappa shape index (κ3) is 5.09. The summed E-state index contributed by atoms with van der Waals surface area (Å²) in [6.45, 7) is 0.0106. The summed E-state index contributed by atoms with van der Waals surface area (Å²) in [4.78, 5) is 36.4. The first kappa shape index (κ1) is 23.4. The van der Waals surface area contributed by atoms with Gasteiger partial charge >= 0.3 is 12.1 Å². The highest BCUT2D eigenvalue weighted by Gasteiger charge is 2.30. The molecule has 1 unspecified atom stereocenters. The zero-order valence-electron chi connectivity index (χ0n) is 17.8. The van der Waals surface area contributed by atoms with E-state index in [0.29, 0.717) is 4.47 Å². The van der Waals surface area contributed by atoms with E-state index in [2.05, 4.69) is 26.6 Å². The molecule has 0 aliphatic heterocycles. The number of hydrogen-bond donors (Lipinski definition) is 3. The molecule has 0 radical (unpaired) electrons. The molecule has 3 N–H and O–H groups in total. The van der Waals surface area contributed by atoms with Gasteiger partial charge in [-0.25, -0.2) is 9.18 Å². The number of carbonyl (C=O) groups is 3. The first-order valence-electron chi connectivity index (χ1n) is 10.4. The van der Waals surface area contributed by atoms with Gasteiger partial charge in [-0.1, -0.05) is 48.5 Å². The van der Waals surface area contributed by atoms with Crippen LogP contribution in [0.3, 0.4) is 0 Å². The van der Waals surface area contributed by atoms with E-state index >= 15 is 0 Å². The number of rotatable bonds is 7. The quantitative estimate of drug-likeness (QED) is 0.405. The number of carbonyl (C=O) groups excluding carboxylic acids is 2. The lowest BCUT2D eigenvalue weighted by molar-refractivity contribution is -0.139. The van der Waals surface area contributed by atoms with Crippen molar-refractivity contribution in [3.63, 3.8) is 0 Å². The maximum absolute atomic E-state index is 13.5. The second-order valence-electron chi connectivity index (χ2n) is 7.73. The Labute approximate surface area is 203 Å². The second kappa shape index (κ2) is 10.0. The van der Waals surface area contributed by atoms with Gasteiger partial charge in [-0.05, 0) is 56.4 Å². The highest BCUT2D eigenvalue weighted by Crippen LogP contribution is 2.44. The number of fused-ring (bicyclic) bond motifs is 3. The van der Waals surface area contributed by atoms with Crippen molar-refractivity contribution in [3.8, 4) is 11.1 Å². The largest absolute Gasteiger partial charge is 0.481 e. The summed E-state index contributed by atoms with van der Waals surface area (Å²) >= 11 is 3.19. The smallest absolute Gasteiger partial charge is 0.407 e. The highest BCUT2D eigenvalue weighted by molar-refractivity contribution is 9.10. The molecule has 0 saturated carbocycles. The third-order valence-electron chi connectivity index (χ3n) is 5.52. The number of ether oxygens (including phenoxy) is 1. The van der Waals surface area contributed by atoms with E-state index in [1.807, 2.05) is 48.5 Å². The fraction of sp³-hybridized carbons (Fsp3) is 0.160. The normalized spacial score (nSPS) is 12.9. The monoisotopic (exact) mass is 526 g/mol. The van der Waals surface area contributed by atoms with Gasteiger partial charge in [0, 0.05) is 10.4 Å². The number of benzene rings is 3. The number of anilines is 1. The van der Waals surface area contributed by atoms with Crippen molar-refractivity contribution in [3.05, 3.63) is 88.1 Å². The summed E-state index contributed by atoms with van der Waals surface area (Å²) < 4.78 is 19.3. The summed E-state index contributed by atoms with van der Waals surface area (Å²) in [5, 5.41) is 13.9. The van der Waals surface area contributed by atoms with Crippen LogP contribution in [0.5, 0.6) is 0 Å². The van der Waals surface area contributed by atoms with Gasteiger partial charge in [0.05, 0.1) is 12.1 Å². The molecule has 4 rings (SSSR count). The molecule has 1 aliphatic carbocycles. The van der Waals surface area contributed by atoms with Gasteiger partial charge in [-0.2, -0.15) is 0 Å². The van der Waals surface area contributed by atoms with Gasteiger partial charge in [0.1, 0.15) is 18.5 Å². The Hall–Kier alpha value is -3.72. The van der Waals surface area contributed by atoms with Gasteiger partial charge < -0.3 is 20.5 Å². The molecule has 0 bridgehead atoms. The number of hydrogen-bond acceptors (Lipinski definition) is 4. The second-order valence-corrected chi connectivity index (χ2v) is 8.59. The van der Waals surface area contributed by atoms with Crippen molar-refractivity contribution in [1.82, 2.24) is 5.32 Å². The molecule has 0 heterocycles. The lowest BCUT2D eigenvalue weighted by Crippen LogP contribution is -2.45. The van der Waals surface area contributed by atoms with Crippen molar-refractivity contribution in [1.29, 1.82) is 0 Å². The molecule has 1 aliphatic rings. The lowest BCUT2D eigenvalue weighted by Gasteiger charge is -2.19. The van der Waals surface area contributed by atoms with Crippen molar-refractivity contribution in [2.24, 2.45) is 0 Å². The average Bonchev–Trinajstić information content (AvgIpc) is 3.13. The molecule has 0 fully saturated rings. The van der Waals surface area contributed by atoms with Gasteiger partial charge in [-0.15, -0.1) is 0 Å². The van der Waals surface area contributed by atoms with Crippen LogP contribution in [0.1, 0.15) is 23.5 Å². The molecule has 3 aromatic carbocycles. The number of halogens is 2. The van der Waals surface area contributed by atoms with E-state index < -0.39 is 36.2 Å². The van der Waals surface area contributed by atoms with Crippen LogP contribution in [0, 0.1) is 5.82 Å². The van der Waals surface area contributed by atoms with Gasteiger partial charge in [0.2, 0.25) is 5.91 Å². The summed E-state index contributed by atoms with van der Waals surface area (Å²) in [6, 6.07) is 17.9. The van der Waals surface area contributed by atoms with Crippen molar-refractivity contribution in [2.45, 2.75) is 18.4 Å². The van der Waals surface area contributed by atoms with E-state index in [0.717, 1.165) is 28.3 Å². The molecule has 9 heteroatoms. The van der Waals surface area contributed by atoms with Crippen LogP contribution in [0.2, 0.25) is 0 Å². The first-order valence-corrected chi connectivity index (χ1v) is 11.2. The maximum atomic E-state index is 13.5. The highest BCUT2D eigenvalue weighted by atomic mass is 79.9. The predicted octanol–water partition coefficient (Wildman–Crippen LogP) is 4.91. The number of amides is 2. The zero-order chi connectivity index (χ0) is 24.2. The van der Waals surface area contributed by atoms with Crippen LogP contribution in [-0.4, -0.2) is 35.7 Å². The van der Waals surface area contributed by atoms with Gasteiger partial charge in [0.15, 0.2) is 0 Å². The molecular formula is C25H20BrFN2O5. The molecule has 0 spiro atoms. The molecule has 0 saturated heterocycles. The van der Waals surface area contributed by atoms with E-state index in [1.54, 1.807) is 0 Å². The van der Waals surface area contributed by atoms with Crippen LogP contribution in [0.15, 0.2) is 71.2 Å². The summed E-state index contributed by atoms with van der Waals surface area (Å²) in [6.07, 6.45) is -1.61. The van der Waals surface area contributed by atoms with E-state index in [1.165, 1.54) is 12.1 Å². The molecule has 2 amide bonds. The predicted molar refractivity (Wildman–Crippen MR) is 127 cm³/mol. The number of aliphatic carboxylic acids is 1. The van der Waals surface area contributed by atoms with E-state index in [9.17, 15) is 23.9 Å². The first-order chi connectivity index (χ1) is 16.3. The molecule has 7 nitrogen and oxygen atoms in total. The minimum Gasteiger partial charge on any atom is -0.481 e. The van der Waals surface area contributed by atoms with E-state index in [4.69, 9.17) is 4.74 Å². The van der Waals surface area contributed by atoms with Crippen LogP contribution >= 0.6 is 15.9 Å². The van der Waals surface area contributed by atoms with Crippen LogP contribution in [0.25, 0.3) is 11.1 Å². The summed E-state index contributed by atoms with van der Waals surface area (Å²) in [5.74, 6) is -2.88. The molecule has 34 heavy (non-hydrogen) atoms. The average molecular weight is 527 g/mol. The third-order valence-corrected chi connectivity index (χ3v) is 6.21. The molecule has 3 aromatic rings. The maximum Gasteiger partial charge on any atom is 0.407 e. The fourth-order valence-corrected chi connectivity index (χ4v) is 4.33. The summed E-state index contributed by atoms with van der Waals surface area (Å²) in [7, 11) is 0. The number of carboxylic acids is 1. The molecule has 0 aromatic heterocycles. The van der Waals surface area contributed by atoms with Crippen molar-refractivity contribution in [2.75, 3.05) is 11.9 Å². The Morgan fingerprint density at radius 1 is 1.00 bits per heavy atom. The molecule has 174 valence electrons. The number of carboxylic acid groups (broad SMARTS) is 1. The lowest BCUT2D eigenvalue weighted by atomic mass is 9.98. The zero-order valence-corrected chi connectivity index (χ0v) is 19.3. The van der Waals surface area contributed by atoms with Crippen LogP contribution in [0.4, 0.5) is 14.9 Å². The van der Waals surface area contributed by atoms with Crippen molar-refractivity contribution < 1.29 is 28.6 Å². The minimum absolute atomic E-state index is 0.0106. The Bertz CT molecular complexity index is 1220. The van der Waals surface area contributed by atoms with Gasteiger partial charge in [-0.3, -0.25) is 9.59 Å². The number of alkyl carbamates (subject to hydrolysis) is 1. The van der Waals surface area contributed by atoms with Crippen LogP contribution < -0.4 is 10.6 Å². The topological polar surface area (TPSA) is 105 Å². The Balaban J connectivity index is 1.44. The molecular weight excluding hydrogens is 507 g/mol. The standard InChI is InChI=1S/C25H20BrFN2O5/c26-20-10-9-14(27)11-21(20)28-24(32)22(12-23(30)31)29-25(33)34-13-19-17-7-3-1-5-15(17)16-6-2-4-8-18(16)19/h1-11,19,22H,12-13H2,(H,28,32)(H,29,33)(H,30,31). The Morgan fingerprint density at radius 2 is 1.62 bits per heavy atom. The fourth-order valence-electron chi connectivity index (χ4n) is 3.98. The Morgan fingerprint density at radius 3 is 2.24 bits per heavy atom. The van der Waals surface area contributed by atoms with Crippen molar-refractivity contribution >= 4 is 39.6 Å².